The Balaban J connectivity index is 1.69. The minimum absolute atomic E-state index is 0.0132. The van der Waals surface area contributed by atoms with E-state index in [0.717, 1.165) is 23.0 Å². The maximum absolute atomic E-state index is 11.5. The van der Waals surface area contributed by atoms with Crippen molar-refractivity contribution < 1.29 is 9.59 Å². The van der Waals surface area contributed by atoms with Gasteiger partial charge in [0.15, 0.2) is 5.78 Å². The van der Waals surface area contributed by atoms with Gasteiger partial charge in [-0.05, 0) is 24.1 Å². The number of amides is 1. The highest BCUT2D eigenvalue weighted by atomic mass is 16.2. The van der Waals surface area contributed by atoms with Crippen molar-refractivity contribution in [3.63, 3.8) is 0 Å². The Kier molecular flexibility index (Phi) is 2.59. The van der Waals surface area contributed by atoms with E-state index in [2.05, 4.69) is 16.0 Å². The summed E-state index contributed by atoms with van der Waals surface area (Å²) in [6.45, 7) is 0.848. The zero-order valence-electron chi connectivity index (χ0n) is 9.85. The number of hydrogen-bond acceptors (Lipinski definition) is 3. The number of fused-ring (bicyclic) bond motifs is 1. The number of Topliss-reactive ketones (excluding diaryl/α,β-unsaturated/α-hetero) is 1. The van der Waals surface area contributed by atoms with Crippen molar-refractivity contribution in [3.8, 4) is 0 Å². The third-order valence-electron chi connectivity index (χ3n) is 3.20. The van der Waals surface area contributed by atoms with Crippen LogP contribution in [0, 0.1) is 0 Å². The standard InChI is InChI=1S/C13H13N3O2/c17-11-6-12(18)16(8-11)4-2-9-5-10-1-3-14-13(10)15-7-9/h1,3,5,7H,2,4,6,8H2,(H,14,15). The molecular formula is C13H13N3O2. The highest BCUT2D eigenvalue weighted by Crippen LogP contribution is 2.13. The quantitative estimate of drug-likeness (QED) is 0.815. The summed E-state index contributed by atoms with van der Waals surface area (Å²) in [5.74, 6) is -0.0464. The predicted molar refractivity (Wildman–Crippen MR) is 66.0 cm³/mol. The molecule has 1 aliphatic heterocycles. The van der Waals surface area contributed by atoms with Gasteiger partial charge in [-0.2, -0.15) is 0 Å². The fourth-order valence-electron chi connectivity index (χ4n) is 2.23. The number of ketones is 1. The van der Waals surface area contributed by atoms with Crippen LogP contribution in [0.1, 0.15) is 12.0 Å². The topological polar surface area (TPSA) is 66.1 Å². The Labute approximate surface area is 104 Å². The van der Waals surface area contributed by atoms with Gasteiger partial charge in [-0.15, -0.1) is 0 Å². The average Bonchev–Trinajstić information content (AvgIpc) is 2.92. The Morgan fingerprint density at radius 3 is 3.06 bits per heavy atom. The zero-order valence-corrected chi connectivity index (χ0v) is 9.85. The van der Waals surface area contributed by atoms with Crippen LogP contribution in [-0.2, 0) is 16.0 Å². The summed E-state index contributed by atoms with van der Waals surface area (Å²) in [7, 11) is 0. The molecule has 0 unspecified atom stereocenters. The third-order valence-corrected chi connectivity index (χ3v) is 3.20. The van der Waals surface area contributed by atoms with E-state index in [1.807, 2.05) is 12.3 Å². The van der Waals surface area contributed by atoms with Crippen LogP contribution in [0.3, 0.4) is 0 Å². The van der Waals surface area contributed by atoms with Crippen LogP contribution < -0.4 is 0 Å². The van der Waals surface area contributed by atoms with E-state index in [-0.39, 0.29) is 24.7 Å². The monoisotopic (exact) mass is 243 g/mol. The lowest BCUT2D eigenvalue weighted by Gasteiger charge is -2.13. The molecule has 5 nitrogen and oxygen atoms in total. The second kappa shape index (κ2) is 4.25. The lowest BCUT2D eigenvalue weighted by Crippen LogP contribution is -2.27. The molecular weight excluding hydrogens is 230 g/mol. The van der Waals surface area contributed by atoms with Gasteiger partial charge in [-0.3, -0.25) is 9.59 Å². The van der Waals surface area contributed by atoms with Crippen molar-refractivity contribution in [1.29, 1.82) is 0 Å². The molecule has 0 atom stereocenters. The smallest absolute Gasteiger partial charge is 0.230 e. The Bertz CT molecular complexity index is 617. The minimum Gasteiger partial charge on any atom is -0.346 e. The van der Waals surface area contributed by atoms with Gasteiger partial charge in [0.2, 0.25) is 5.91 Å². The van der Waals surface area contributed by atoms with Gasteiger partial charge in [0.1, 0.15) is 5.65 Å². The van der Waals surface area contributed by atoms with Crippen molar-refractivity contribution in [1.82, 2.24) is 14.9 Å². The number of nitrogens with one attached hydrogen (secondary N) is 1. The van der Waals surface area contributed by atoms with Crippen LogP contribution in [-0.4, -0.2) is 39.6 Å². The molecule has 1 saturated heterocycles. The number of likely N-dealkylation sites (tertiary alicyclic amines) is 1. The number of aromatic amines is 1. The second-order valence-corrected chi connectivity index (χ2v) is 4.54. The molecule has 1 fully saturated rings. The van der Waals surface area contributed by atoms with Crippen molar-refractivity contribution in [2.45, 2.75) is 12.8 Å². The van der Waals surface area contributed by atoms with Crippen molar-refractivity contribution in [3.05, 3.63) is 30.1 Å². The molecule has 2 aromatic heterocycles. The van der Waals surface area contributed by atoms with Crippen LogP contribution in [0.15, 0.2) is 24.5 Å². The van der Waals surface area contributed by atoms with Crippen LogP contribution in [0.4, 0.5) is 0 Å². The molecule has 18 heavy (non-hydrogen) atoms. The molecule has 3 heterocycles. The number of rotatable bonds is 3. The molecule has 5 heteroatoms. The van der Waals surface area contributed by atoms with Crippen molar-refractivity contribution in [2.75, 3.05) is 13.1 Å². The van der Waals surface area contributed by atoms with E-state index in [4.69, 9.17) is 0 Å². The lowest BCUT2D eigenvalue weighted by molar-refractivity contribution is -0.127. The van der Waals surface area contributed by atoms with Gasteiger partial charge in [0.05, 0.1) is 13.0 Å². The summed E-state index contributed by atoms with van der Waals surface area (Å²) in [5.41, 5.74) is 1.94. The highest BCUT2D eigenvalue weighted by molar-refractivity contribution is 6.05. The van der Waals surface area contributed by atoms with Crippen molar-refractivity contribution in [2.24, 2.45) is 0 Å². The van der Waals surface area contributed by atoms with E-state index >= 15 is 0 Å². The maximum Gasteiger partial charge on any atom is 0.230 e. The Morgan fingerprint density at radius 1 is 1.39 bits per heavy atom. The van der Waals surface area contributed by atoms with E-state index in [1.54, 1.807) is 11.1 Å². The van der Waals surface area contributed by atoms with Gasteiger partial charge in [-0.25, -0.2) is 4.98 Å². The highest BCUT2D eigenvalue weighted by Gasteiger charge is 2.26. The van der Waals surface area contributed by atoms with Crippen LogP contribution in [0.2, 0.25) is 0 Å². The SMILES string of the molecule is O=C1CC(=O)N(CCc2cnc3[nH]ccc3c2)C1. The summed E-state index contributed by atoms with van der Waals surface area (Å²) in [4.78, 5) is 31.5. The van der Waals surface area contributed by atoms with E-state index in [1.165, 1.54) is 0 Å². The zero-order chi connectivity index (χ0) is 12.5. The van der Waals surface area contributed by atoms with E-state index < -0.39 is 0 Å². The average molecular weight is 243 g/mol. The van der Waals surface area contributed by atoms with Crippen LogP contribution in [0.25, 0.3) is 11.0 Å². The summed E-state index contributed by atoms with van der Waals surface area (Å²) in [5, 5.41) is 1.07. The normalized spacial score (nSPS) is 15.9. The molecule has 92 valence electrons. The number of nitrogens with zero attached hydrogens (tertiary/aromatic N) is 2. The number of carbonyl (C=O) groups excluding carboxylic acids is 2. The Hall–Kier alpha value is -2.17. The summed E-state index contributed by atoms with van der Waals surface area (Å²) < 4.78 is 0. The molecule has 0 spiro atoms. The first kappa shape index (κ1) is 11.0. The first-order valence-corrected chi connectivity index (χ1v) is 5.94. The molecule has 2 aromatic rings. The fraction of sp³-hybridized carbons (Fsp3) is 0.308. The predicted octanol–water partition coefficient (Wildman–Crippen LogP) is 0.907. The van der Waals surface area contributed by atoms with Gasteiger partial charge in [-0.1, -0.05) is 0 Å². The Morgan fingerprint density at radius 2 is 2.28 bits per heavy atom. The van der Waals surface area contributed by atoms with Crippen molar-refractivity contribution >= 4 is 22.7 Å². The molecule has 1 amide bonds. The molecule has 1 aliphatic rings. The molecule has 0 aliphatic carbocycles. The van der Waals surface area contributed by atoms with Gasteiger partial charge < -0.3 is 9.88 Å². The molecule has 1 N–H and O–H groups in total. The summed E-state index contributed by atoms with van der Waals surface area (Å²) in [6, 6.07) is 4.03. The second-order valence-electron chi connectivity index (χ2n) is 4.54. The molecule has 0 aromatic carbocycles. The van der Waals surface area contributed by atoms with Crippen LogP contribution >= 0.6 is 0 Å². The summed E-state index contributed by atoms with van der Waals surface area (Å²) in [6.07, 6.45) is 4.45. The lowest BCUT2D eigenvalue weighted by atomic mass is 10.2. The molecule has 3 rings (SSSR count). The molecule has 0 bridgehead atoms. The summed E-state index contributed by atoms with van der Waals surface area (Å²) >= 11 is 0. The number of hydrogen-bond donors (Lipinski definition) is 1. The number of H-pyrrole nitrogens is 1. The first-order chi connectivity index (χ1) is 8.72. The number of aromatic nitrogens is 2. The van der Waals surface area contributed by atoms with Gasteiger partial charge in [0.25, 0.3) is 0 Å². The number of carbonyl (C=O) groups is 2. The third kappa shape index (κ3) is 1.99. The fourth-order valence-corrected chi connectivity index (χ4v) is 2.23. The minimum atomic E-state index is -0.0596. The molecule has 0 saturated carbocycles. The van der Waals surface area contributed by atoms with Crippen LogP contribution in [0.5, 0.6) is 0 Å². The van der Waals surface area contributed by atoms with E-state index in [9.17, 15) is 9.59 Å². The van der Waals surface area contributed by atoms with E-state index in [0.29, 0.717) is 6.54 Å². The van der Waals surface area contributed by atoms with Gasteiger partial charge >= 0.3 is 0 Å². The largest absolute Gasteiger partial charge is 0.346 e. The number of pyridine rings is 1. The molecule has 0 radical (unpaired) electrons. The van der Waals surface area contributed by atoms with Gasteiger partial charge in [0, 0.05) is 24.3 Å². The maximum atomic E-state index is 11.5. The first-order valence-electron chi connectivity index (χ1n) is 5.94.